The van der Waals surface area contributed by atoms with Crippen LogP contribution in [0.15, 0.2) is 24.4 Å². The number of aromatic nitrogens is 2. The molecule has 2 fully saturated rings. The summed E-state index contributed by atoms with van der Waals surface area (Å²) in [5.74, 6) is -1.36. The van der Waals surface area contributed by atoms with E-state index in [9.17, 15) is 14.4 Å². The van der Waals surface area contributed by atoms with Crippen molar-refractivity contribution < 1.29 is 27.9 Å². The quantitative estimate of drug-likeness (QED) is 0.159. The van der Waals surface area contributed by atoms with Gasteiger partial charge in [-0.25, -0.2) is 18.6 Å². The number of esters is 1. The van der Waals surface area contributed by atoms with Gasteiger partial charge in [-0.05, 0) is 87.8 Å². The van der Waals surface area contributed by atoms with Crippen molar-refractivity contribution in [3.63, 3.8) is 0 Å². The number of carbonyl (C=O) groups is 3. The number of nitrogens with zero attached hydrogens (tertiary/aromatic N) is 4. The molecule has 2 N–H and O–H groups in total. The Morgan fingerprint density at radius 2 is 1.76 bits per heavy atom. The Bertz CT molecular complexity index is 1500. The molecule has 0 saturated heterocycles. The van der Waals surface area contributed by atoms with E-state index in [0.717, 1.165) is 51.4 Å². The van der Waals surface area contributed by atoms with E-state index in [1.807, 2.05) is 20.8 Å². The Morgan fingerprint density at radius 1 is 1.08 bits per heavy atom. The van der Waals surface area contributed by atoms with Crippen LogP contribution in [0.3, 0.4) is 0 Å². The van der Waals surface area contributed by atoms with E-state index < -0.39 is 17.7 Å². The Kier molecular flexibility index (Phi) is 12.2. The van der Waals surface area contributed by atoms with Gasteiger partial charge >= 0.3 is 5.97 Å². The van der Waals surface area contributed by atoms with Crippen LogP contribution in [0.1, 0.15) is 110 Å². The number of fused-ring (bicyclic) bond motifs is 1. The molecule has 2 heterocycles. The topological polar surface area (TPSA) is 117 Å². The molecule has 10 nitrogen and oxygen atoms in total. The second kappa shape index (κ2) is 16.5. The summed E-state index contributed by atoms with van der Waals surface area (Å²) < 4.78 is 36.1. The highest BCUT2D eigenvalue weighted by molar-refractivity contribution is 6.04. The number of allylic oxidation sites excluding steroid dienone is 1. The summed E-state index contributed by atoms with van der Waals surface area (Å²) in [6.07, 6.45) is 15.1. The molecule has 49 heavy (non-hydrogen) atoms. The minimum absolute atomic E-state index is 0.0122. The monoisotopic (exact) mass is 680 g/mol. The number of hydrogen-bond acceptors (Lipinski definition) is 8. The van der Waals surface area contributed by atoms with Crippen LogP contribution in [0.2, 0.25) is 0 Å². The van der Waals surface area contributed by atoms with Gasteiger partial charge in [-0.1, -0.05) is 45.8 Å². The minimum atomic E-state index is -0.799. The van der Waals surface area contributed by atoms with Gasteiger partial charge in [-0.3, -0.25) is 9.59 Å². The van der Waals surface area contributed by atoms with Crippen LogP contribution in [0.4, 0.5) is 31.9 Å². The zero-order valence-electron chi connectivity index (χ0n) is 29.1. The summed E-state index contributed by atoms with van der Waals surface area (Å²) >= 11 is 0. The first-order valence-electron chi connectivity index (χ1n) is 17.9. The lowest BCUT2D eigenvalue weighted by atomic mass is 10.0. The number of amides is 2. The molecule has 0 bridgehead atoms. The van der Waals surface area contributed by atoms with Gasteiger partial charge in [0.15, 0.2) is 5.82 Å². The molecule has 1 aromatic heterocycles. The Hall–Kier alpha value is -4.09. The molecule has 1 aliphatic heterocycles. The third-order valence-corrected chi connectivity index (χ3v) is 9.71. The summed E-state index contributed by atoms with van der Waals surface area (Å²) in [6, 6.07) is 1.60. The Labute approximate surface area is 288 Å². The van der Waals surface area contributed by atoms with Crippen LogP contribution in [0.5, 0.6) is 0 Å². The van der Waals surface area contributed by atoms with Gasteiger partial charge < -0.3 is 25.2 Å². The van der Waals surface area contributed by atoms with Gasteiger partial charge in [0.25, 0.3) is 0 Å². The second-order valence-corrected chi connectivity index (χ2v) is 13.9. The Morgan fingerprint density at radius 3 is 2.41 bits per heavy atom. The van der Waals surface area contributed by atoms with Gasteiger partial charge in [-0.15, -0.1) is 0 Å². The predicted molar refractivity (Wildman–Crippen MR) is 187 cm³/mol. The van der Waals surface area contributed by atoms with E-state index in [-0.39, 0.29) is 59.9 Å². The highest BCUT2D eigenvalue weighted by Gasteiger charge is 2.41. The lowest BCUT2D eigenvalue weighted by Gasteiger charge is -2.43. The minimum Gasteiger partial charge on any atom is -0.461 e. The first kappa shape index (κ1) is 36.2. The standard InChI is InChI=1S/C37H50F2N6O4/c1-5-30-35(47)44(4)31-22-40-37(43-34(31)45(30)25-14-9-10-15-25)42-33-27(38)20-24(21-28(33)39)13-7-6-8-18-32(46)41-29(19-23(2)3)36(48)49-26-16-11-12-17-26/h7,13,20-23,25-26,29-30H,5-6,8-12,14-19H2,1-4H3,(H,41,46)(H,40,42,43)/b13-7+/t29-,30+/m1/s1. The number of rotatable bonds is 14. The highest BCUT2D eigenvalue weighted by Crippen LogP contribution is 2.40. The van der Waals surface area contributed by atoms with Crippen molar-refractivity contribution in [2.24, 2.45) is 5.92 Å². The molecule has 0 unspecified atom stereocenters. The van der Waals surface area contributed by atoms with Crippen LogP contribution in [0, 0.1) is 17.6 Å². The first-order valence-corrected chi connectivity index (χ1v) is 17.9. The molecule has 2 amide bonds. The number of anilines is 4. The van der Waals surface area contributed by atoms with Gasteiger partial charge in [0, 0.05) is 19.5 Å². The summed E-state index contributed by atoms with van der Waals surface area (Å²) in [5.41, 5.74) is 0.542. The molecule has 3 aliphatic rings. The fraction of sp³-hybridized carbons (Fsp3) is 0.595. The van der Waals surface area contributed by atoms with Crippen molar-refractivity contribution in [3.05, 3.63) is 41.6 Å². The molecule has 12 heteroatoms. The molecule has 2 aromatic rings. The summed E-state index contributed by atoms with van der Waals surface area (Å²) in [6.45, 7) is 5.97. The van der Waals surface area contributed by atoms with E-state index in [0.29, 0.717) is 42.8 Å². The van der Waals surface area contributed by atoms with Crippen LogP contribution in [-0.2, 0) is 19.1 Å². The number of halogens is 2. The maximum Gasteiger partial charge on any atom is 0.328 e. The molecule has 2 aliphatic carbocycles. The fourth-order valence-corrected chi connectivity index (χ4v) is 7.17. The summed E-state index contributed by atoms with van der Waals surface area (Å²) in [5, 5.41) is 5.57. The summed E-state index contributed by atoms with van der Waals surface area (Å²) in [7, 11) is 1.70. The molecule has 0 spiro atoms. The second-order valence-electron chi connectivity index (χ2n) is 13.9. The van der Waals surface area contributed by atoms with Gasteiger partial charge in [-0.2, -0.15) is 4.98 Å². The SMILES string of the molecule is CC[C@H]1C(=O)N(C)c2cnc(Nc3c(F)cc(/C=C/CCCC(=O)N[C@H](CC(C)C)C(=O)OC4CCCC4)cc3F)nc2N1C1CCCC1. The van der Waals surface area contributed by atoms with Crippen molar-refractivity contribution in [1.82, 2.24) is 15.3 Å². The zero-order valence-corrected chi connectivity index (χ0v) is 29.1. The average molecular weight is 681 g/mol. The van der Waals surface area contributed by atoms with Gasteiger partial charge in [0.2, 0.25) is 17.8 Å². The molecule has 1 aromatic carbocycles. The van der Waals surface area contributed by atoms with E-state index in [4.69, 9.17) is 4.74 Å². The van der Waals surface area contributed by atoms with Crippen molar-refractivity contribution in [2.45, 2.75) is 128 Å². The zero-order chi connectivity index (χ0) is 35.1. The van der Waals surface area contributed by atoms with E-state index in [1.165, 1.54) is 18.3 Å². The normalized spacial score (nSPS) is 19.2. The van der Waals surface area contributed by atoms with Crippen molar-refractivity contribution in [3.8, 4) is 0 Å². The predicted octanol–water partition coefficient (Wildman–Crippen LogP) is 7.20. The fourth-order valence-electron chi connectivity index (χ4n) is 7.17. The van der Waals surface area contributed by atoms with Crippen molar-refractivity contribution in [2.75, 3.05) is 22.2 Å². The molecule has 2 saturated carbocycles. The van der Waals surface area contributed by atoms with E-state index >= 15 is 8.78 Å². The third kappa shape index (κ3) is 8.93. The van der Waals surface area contributed by atoms with Crippen molar-refractivity contribution >= 4 is 47.0 Å². The maximum atomic E-state index is 15.2. The molecular formula is C37H50F2N6O4. The number of hydrogen-bond donors (Lipinski definition) is 2. The molecule has 5 rings (SSSR count). The van der Waals surface area contributed by atoms with Crippen LogP contribution in [0.25, 0.3) is 6.08 Å². The van der Waals surface area contributed by atoms with Crippen LogP contribution >= 0.6 is 0 Å². The largest absolute Gasteiger partial charge is 0.461 e. The van der Waals surface area contributed by atoms with E-state index in [1.54, 1.807) is 24.1 Å². The number of carbonyl (C=O) groups excluding carboxylic acids is 3. The van der Waals surface area contributed by atoms with Crippen LogP contribution in [-0.4, -0.2) is 59.0 Å². The van der Waals surface area contributed by atoms with E-state index in [2.05, 4.69) is 25.5 Å². The first-order chi connectivity index (χ1) is 23.5. The average Bonchev–Trinajstić information content (AvgIpc) is 3.79. The number of ether oxygens (including phenoxy) is 1. The van der Waals surface area contributed by atoms with Crippen molar-refractivity contribution in [1.29, 1.82) is 0 Å². The highest BCUT2D eigenvalue weighted by atomic mass is 19.1. The van der Waals surface area contributed by atoms with Gasteiger partial charge in [0.05, 0.1) is 6.20 Å². The Balaban J connectivity index is 1.17. The number of nitrogens with one attached hydrogen (secondary N) is 2. The molecular weight excluding hydrogens is 630 g/mol. The third-order valence-electron chi connectivity index (χ3n) is 9.71. The number of likely N-dealkylation sites (N-methyl/N-ethyl adjacent to an activating group) is 1. The lowest BCUT2D eigenvalue weighted by molar-refractivity contribution is -0.153. The number of benzene rings is 1. The van der Waals surface area contributed by atoms with Crippen LogP contribution < -0.4 is 20.4 Å². The molecule has 0 radical (unpaired) electrons. The molecule has 266 valence electrons. The maximum absolute atomic E-state index is 15.2. The smallest absolute Gasteiger partial charge is 0.328 e. The molecule has 2 atom stereocenters. The number of unbranched alkanes of at least 4 members (excludes halogenated alkanes) is 1. The van der Waals surface area contributed by atoms with Gasteiger partial charge in [0.1, 0.15) is 41.2 Å². The lowest BCUT2D eigenvalue weighted by Crippen LogP contribution is -2.55. The summed E-state index contributed by atoms with van der Waals surface area (Å²) in [4.78, 5) is 51.1.